The van der Waals surface area contributed by atoms with Crippen molar-refractivity contribution in [3.63, 3.8) is 0 Å². The molecule has 0 fully saturated rings. The van der Waals surface area contributed by atoms with Crippen LogP contribution in [0.15, 0.2) is 78.9 Å². The molecule has 0 radical (unpaired) electrons. The van der Waals surface area contributed by atoms with E-state index in [4.69, 9.17) is 9.47 Å². The van der Waals surface area contributed by atoms with Crippen molar-refractivity contribution in [2.45, 2.75) is 38.9 Å². The first-order valence-corrected chi connectivity index (χ1v) is 11.5. The highest BCUT2D eigenvalue weighted by molar-refractivity contribution is 5.88. The number of benzene rings is 3. The lowest BCUT2D eigenvalue weighted by atomic mass is 10.0. The molecule has 0 bridgehead atoms. The fourth-order valence-corrected chi connectivity index (χ4v) is 3.64. The lowest BCUT2D eigenvalue weighted by Gasteiger charge is -2.32. The number of hydrogen-bond acceptors (Lipinski definition) is 4. The molecule has 3 aromatic rings. The van der Waals surface area contributed by atoms with Crippen molar-refractivity contribution in [1.29, 1.82) is 0 Å². The van der Waals surface area contributed by atoms with Gasteiger partial charge in [0.05, 0.1) is 7.11 Å². The third-order valence-electron chi connectivity index (χ3n) is 5.42. The molecular weight excluding hydrogens is 447 g/mol. The largest absolute Gasteiger partial charge is 0.497 e. The standard InChI is InChI=1S/C28H31FN2O4/c1-20(2)30-28(33)26(17-21-9-5-4-6-10-21)31(18-22-11-7-8-12-25(22)29)27(32)19-35-24-15-13-23(34-3)14-16-24/h4-16,20,26H,17-19H2,1-3H3,(H,30,33)/t26-/m0/s1. The average Bonchev–Trinajstić information content (AvgIpc) is 2.86. The number of amides is 2. The molecule has 0 aromatic heterocycles. The fraction of sp³-hybridized carbons (Fsp3) is 0.286. The van der Waals surface area contributed by atoms with E-state index in [2.05, 4.69) is 5.32 Å². The molecule has 2 amide bonds. The van der Waals surface area contributed by atoms with E-state index in [1.165, 1.54) is 11.0 Å². The van der Waals surface area contributed by atoms with Crippen molar-refractivity contribution in [1.82, 2.24) is 10.2 Å². The van der Waals surface area contributed by atoms with Gasteiger partial charge < -0.3 is 19.7 Å². The average molecular weight is 479 g/mol. The number of rotatable bonds is 11. The maximum atomic E-state index is 14.6. The molecule has 0 aliphatic heterocycles. The summed E-state index contributed by atoms with van der Waals surface area (Å²) < 4.78 is 25.4. The van der Waals surface area contributed by atoms with Crippen LogP contribution < -0.4 is 14.8 Å². The quantitative estimate of drug-likeness (QED) is 0.444. The zero-order valence-electron chi connectivity index (χ0n) is 20.2. The molecule has 0 heterocycles. The van der Waals surface area contributed by atoms with Gasteiger partial charge in [-0.05, 0) is 49.7 Å². The van der Waals surface area contributed by atoms with Crippen molar-refractivity contribution in [2.24, 2.45) is 0 Å². The van der Waals surface area contributed by atoms with Crippen molar-refractivity contribution in [3.05, 3.63) is 95.8 Å². The molecular formula is C28H31FN2O4. The van der Waals surface area contributed by atoms with Crippen LogP contribution in [-0.4, -0.2) is 42.5 Å². The molecule has 0 spiro atoms. The van der Waals surface area contributed by atoms with Crippen LogP contribution in [0.2, 0.25) is 0 Å². The predicted octanol–water partition coefficient (Wildman–Crippen LogP) is 4.38. The maximum absolute atomic E-state index is 14.6. The van der Waals surface area contributed by atoms with Crippen LogP contribution in [0, 0.1) is 5.82 Å². The first-order valence-electron chi connectivity index (χ1n) is 11.5. The van der Waals surface area contributed by atoms with E-state index in [1.807, 2.05) is 44.2 Å². The maximum Gasteiger partial charge on any atom is 0.261 e. The Morgan fingerprint density at radius 2 is 1.54 bits per heavy atom. The van der Waals surface area contributed by atoms with E-state index in [9.17, 15) is 14.0 Å². The minimum absolute atomic E-state index is 0.0690. The number of ether oxygens (including phenoxy) is 2. The van der Waals surface area contributed by atoms with Gasteiger partial charge in [-0.3, -0.25) is 9.59 Å². The van der Waals surface area contributed by atoms with E-state index in [1.54, 1.807) is 49.6 Å². The molecule has 0 aliphatic carbocycles. The van der Waals surface area contributed by atoms with Crippen LogP contribution in [0.25, 0.3) is 0 Å². The van der Waals surface area contributed by atoms with Crippen LogP contribution in [0.5, 0.6) is 11.5 Å². The molecule has 7 heteroatoms. The van der Waals surface area contributed by atoms with Crippen LogP contribution in [0.1, 0.15) is 25.0 Å². The Bertz CT molecular complexity index is 1100. The number of nitrogens with one attached hydrogen (secondary N) is 1. The van der Waals surface area contributed by atoms with Gasteiger partial charge in [-0.1, -0.05) is 48.5 Å². The molecule has 0 saturated heterocycles. The second-order valence-electron chi connectivity index (χ2n) is 8.45. The molecule has 3 rings (SSSR count). The SMILES string of the molecule is COc1ccc(OCC(=O)N(Cc2ccccc2F)[C@@H](Cc2ccccc2)C(=O)NC(C)C)cc1. The van der Waals surface area contributed by atoms with Crippen LogP contribution in [0.3, 0.4) is 0 Å². The van der Waals surface area contributed by atoms with Crippen molar-refractivity contribution in [2.75, 3.05) is 13.7 Å². The summed E-state index contributed by atoms with van der Waals surface area (Å²) in [4.78, 5) is 28.1. The Morgan fingerprint density at radius 1 is 0.914 bits per heavy atom. The summed E-state index contributed by atoms with van der Waals surface area (Å²) in [5, 5.41) is 2.90. The monoisotopic (exact) mass is 478 g/mol. The Balaban J connectivity index is 1.89. The highest BCUT2D eigenvalue weighted by Crippen LogP contribution is 2.19. The lowest BCUT2D eigenvalue weighted by molar-refractivity contribution is -0.143. The summed E-state index contributed by atoms with van der Waals surface area (Å²) in [6.45, 7) is 3.34. The zero-order valence-corrected chi connectivity index (χ0v) is 20.2. The van der Waals surface area contributed by atoms with Gasteiger partial charge in [-0.25, -0.2) is 4.39 Å². The van der Waals surface area contributed by atoms with E-state index in [-0.39, 0.29) is 31.5 Å². The van der Waals surface area contributed by atoms with Crippen LogP contribution in [-0.2, 0) is 22.6 Å². The van der Waals surface area contributed by atoms with Gasteiger partial charge in [0.15, 0.2) is 6.61 Å². The normalized spacial score (nSPS) is 11.6. The van der Waals surface area contributed by atoms with Gasteiger partial charge in [-0.2, -0.15) is 0 Å². The Labute approximate surface area is 205 Å². The first kappa shape index (κ1) is 25.7. The van der Waals surface area contributed by atoms with Gasteiger partial charge in [0.1, 0.15) is 23.4 Å². The molecule has 1 atom stereocenters. The van der Waals surface area contributed by atoms with Crippen molar-refractivity contribution in [3.8, 4) is 11.5 Å². The van der Waals surface area contributed by atoms with E-state index >= 15 is 0 Å². The smallest absolute Gasteiger partial charge is 0.261 e. The summed E-state index contributed by atoms with van der Waals surface area (Å²) in [6.07, 6.45) is 0.280. The van der Waals surface area contributed by atoms with Crippen molar-refractivity contribution < 1.29 is 23.5 Å². The Hall–Kier alpha value is -3.87. The second kappa shape index (κ2) is 12.6. The highest BCUT2D eigenvalue weighted by atomic mass is 19.1. The molecule has 35 heavy (non-hydrogen) atoms. The minimum atomic E-state index is -0.855. The number of hydrogen-bond donors (Lipinski definition) is 1. The van der Waals surface area contributed by atoms with Gasteiger partial charge in [0, 0.05) is 24.6 Å². The van der Waals surface area contributed by atoms with Gasteiger partial charge >= 0.3 is 0 Å². The molecule has 0 unspecified atom stereocenters. The first-order chi connectivity index (χ1) is 16.9. The predicted molar refractivity (Wildman–Crippen MR) is 133 cm³/mol. The van der Waals surface area contributed by atoms with Gasteiger partial charge in [0.2, 0.25) is 5.91 Å². The topological polar surface area (TPSA) is 67.9 Å². The summed E-state index contributed by atoms with van der Waals surface area (Å²) in [5.74, 6) is -0.0274. The third-order valence-corrected chi connectivity index (χ3v) is 5.42. The fourth-order valence-electron chi connectivity index (χ4n) is 3.64. The minimum Gasteiger partial charge on any atom is -0.497 e. The summed E-state index contributed by atoms with van der Waals surface area (Å²) in [7, 11) is 1.56. The van der Waals surface area contributed by atoms with E-state index < -0.39 is 17.8 Å². The number of carbonyl (C=O) groups is 2. The molecule has 3 aromatic carbocycles. The van der Waals surface area contributed by atoms with Crippen LogP contribution in [0.4, 0.5) is 4.39 Å². The molecule has 0 aliphatic rings. The third kappa shape index (κ3) is 7.57. The van der Waals surface area contributed by atoms with Crippen LogP contribution >= 0.6 is 0 Å². The number of nitrogens with zero attached hydrogens (tertiary/aromatic N) is 1. The molecule has 1 N–H and O–H groups in total. The number of halogens is 1. The number of carbonyl (C=O) groups excluding carboxylic acids is 2. The molecule has 184 valence electrons. The van der Waals surface area contributed by atoms with E-state index in [0.717, 1.165) is 5.56 Å². The summed E-state index contributed by atoms with van der Waals surface area (Å²) >= 11 is 0. The highest BCUT2D eigenvalue weighted by Gasteiger charge is 2.31. The lowest BCUT2D eigenvalue weighted by Crippen LogP contribution is -2.53. The van der Waals surface area contributed by atoms with Gasteiger partial charge in [0.25, 0.3) is 5.91 Å². The zero-order chi connectivity index (χ0) is 25.2. The number of methoxy groups -OCH3 is 1. The summed E-state index contributed by atoms with van der Waals surface area (Å²) in [5.41, 5.74) is 1.21. The second-order valence-corrected chi connectivity index (χ2v) is 8.45. The van der Waals surface area contributed by atoms with Gasteiger partial charge in [-0.15, -0.1) is 0 Å². The summed E-state index contributed by atoms with van der Waals surface area (Å²) in [6, 6.07) is 21.5. The Kier molecular flexibility index (Phi) is 9.23. The Morgan fingerprint density at radius 3 is 2.17 bits per heavy atom. The van der Waals surface area contributed by atoms with E-state index in [0.29, 0.717) is 17.1 Å². The molecule has 0 saturated carbocycles. The van der Waals surface area contributed by atoms with Crippen molar-refractivity contribution >= 4 is 11.8 Å². The molecule has 6 nitrogen and oxygen atoms in total.